The number of esters is 8. The quantitative estimate of drug-likeness (QED) is 0.0211. The van der Waals surface area contributed by atoms with Crippen molar-refractivity contribution in [3.8, 4) is 46.0 Å². The molecule has 0 saturated heterocycles. The molecular formula is C95H111IO24. The number of halogens is 1. The first-order valence-electron chi connectivity index (χ1n) is 39.6. The van der Waals surface area contributed by atoms with Crippen molar-refractivity contribution >= 4 is 70.3 Å². The maximum Gasteiger partial charge on any atom is 0.305 e. The lowest BCUT2D eigenvalue weighted by atomic mass is 9.86. The van der Waals surface area contributed by atoms with E-state index in [1.54, 1.807) is 55.8 Å². The van der Waals surface area contributed by atoms with Gasteiger partial charge in [0.1, 0.15) is 46.0 Å². The molecule has 0 fully saturated rings. The molecule has 0 aliphatic rings. The van der Waals surface area contributed by atoms with Gasteiger partial charge in [-0.15, -0.1) is 0 Å². The maximum atomic E-state index is 13.2. The number of rotatable bonds is 45. The Bertz CT molecular complexity index is 4980. The number of carbonyl (C=O) groups excluding carboxylic acids is 8. The van der Waals surface area contributed by atoms with Crippen LogP contribution in [-0.4, -0.2) is 160 Å². The molecule has 0 radical (unpaired) electrons. The van der Waals surface area contributed by atoms with Gasteiger partial charge in [0.2, 0.25) is 0 Å². The second-order valence-electron chi connectivity index (χ2n) is 29.1. The normalized spacial score (nSPS) is 10.9. The third-order valence-electron chi connectivity index (χ3n) is 21.9. The molecule has 0 aliphatic carbocycles. The van der Waals surface area contributed by atoms with Crippen LogP contribution < -0.4 is 33.2 Å². The molecule has 8 rings (SSSR count). The van der Waals surface area contributed by atoms with Crippen molar-refractivity contribution in [3.63, 3.8) is 0 Å². The number of phenolic OH excluding ortho intramolecular Hbond substituents is 1. The van der Waals surface area contributed by atoms with E-state index in [-0.39, 0.29) is 114 Å². The standard InChI is InChI=1S/C95H111IO24/c1-56-33-81(106-2)72(34-57(56)17-25-88(98)113-9)42-66-50-83(108-4)74(36-59(66)19-27-90(100)115-11)44-68-52-85(110-6)76(38-61(68)21-29-92(102)117-13)46-70-54-87(112-8)78(40-63(70)23-31-94(104)119-15)47-71-55-86(111-7)77(39-62(71)22-30-93(103)118-14)45-69-53-84(109-5)75(37-60(69)20-28-91(101)116-12)43-67-51-82(107-3)73(35-58(67)18-26-89(99)114-10)41-65-49-80(97)79(96)48-64(65)24-32-95(105)120-16/h33-40,48-55,97H,17-32,41-47H2,1-16H3. The molecule has 0 amide bonds. The topological polar surface area (TPSA) is 295 Å². The smallest absolute Gasteiger partial charge is 0.305 e. The molecule has 8 aromatic rings. The Kier molecular flexibility index (Phi) is 36.3. The van der Waals surface area contributed by atoms with Gasteiger partial charge in [0.25, 0.3) is 0 Å². The number of aryl methyl sites for hydroxylation is 9. The number of hydrogen-bond acceptors (Lipinski definition) is 24. The van der Waals surface area contributed by atoms with Gasteiger partial charge in [-0.05, 0) is 263 Å². The van der Waals surface area contributed by atoms with Gasteiger partial charge >= 0.3 is 47.8 Å². The number of carbonyl (C=O) groups is 8. The Balaban J connectivity index is 1.19. The molecule has 0 aromatic heterocycles. The first kappa shape index (κ1) is 94.1. The Morgan fingerprint density at radius 1 is 0.217 bits per heavy atom. The molecule has 0 heterocycles. The molecule has 0 saturated carbocycles. The number of aromatic hydroxyl groups is 1. The van der Waals surface area contributed by atoms with Gasteiger partial charge in [0.15, 0.2) is 0 Å². The van der Waals surface area contributed by atoms with Crippen LogP contribution >= 0.6 is 22.6 Å². The largest absolute Gasteiger partial charge is 0.507 e. The van der Waals surface area contributed by atoms with Gasteiger partial charge in [-0.1, -0.05) is 42.5 Å². The van der Waals surface area contributed by atoms with Gasteiger partial charge < -0.3 is 76.2 Å². The number of phenols is 1. The summed E-state index contributed by atoms with van der Waals surface area (Å²) in [5.41, 5.74) is 19.1. The second-order valence-corrected chi connectivity index (χ2v) is 30.3. The number of benzene rings is 8. The van der Waals surface area contributed by atoms with E-state index in [0.29, 0.717) is 102 Å². The molecule has 0 bridgehead atoms. The summed E-state index contributed by atoms with van der Waals surface area (Å²) in [5.74, 6) is 0.941. The van der Waals surface area contributed by atoms with Gasteiger partial charge in [0, 0.05) is 96.3 Å². The summed E-state index contributed by atoms with van der Waals surface area (Å²) in [6.07, 6.45) is 5.50. The molecule has 24 nitrogen and oxygen atoms in total. The van der Waals surface area contributed by atoms with Crippen LogP contribution in [-0.2, 0) is 173 Å². The van der Waals surface area contributed by atoms with Crippen LogP contribution in [0.2, 0.25) is 0 Å². The van der Waals surface area contributed by atoms with Crippen LogP contribution in [0.5, 0.6) is 46.0 Å². The van der Waals surface area contributed by atoms with Crippen molar-refractivity contribution in [1.82, 2.24) is 0 Å². The van der Waals surface area contributed by atoms with E-state index in [1.165, 1.54) is 56.9 Å². The second kappa shape index (κ2) is 46.3. The van der Waals surface area contributed by atoms with Gasteiger partial charge in [-0.2, -0.15) is 0 Å². The molecule has 642 valence electrons. The van der Waals surface area contributed by atoms with Crippen LogP contribution in [0.15, 0.2) is 97.1 Å². The summed E-state index contributed by atoms with van der Waals surface area (Å²) >= 11 is 2.06. The molecule has 120 heavy (non-hydrogen) atoms. The summed E-state index contributed by atoms with van der Waals surface area (Å²) in [7, 11) is 22.0. The predicted molar refractivity (Wildman–Crippen MR) is 459 cm³/mol. The lowest BCUT2D eigenvalue weighted by molar-refractivity contribution is -0.141. The van der Waals surface area contributed by atoms with Crippen molar-refractivity contribution in [2.75, 3.05) is 107 Å². The average molecular weight is 1760 g/mol. The van der Waals surface area contributed by atoms with Crippen molar-refractivity contribution in [2.45, 2.75) is 155 Å². The Morgan fingerprint density at radius 3 is 0.558 bits per heavy atom. The maximum absolute atomic E-state index is 13.2. The highest BCUT2D eigenvalue weighted by Gasteiger charge is 2.27. The minimum Gasteiger partial charge on any atom is -0.507 e. The molecule has 0 atom stereocenters. The highest BCUT2D eigenvalue weighted by Crippen LogP contribution is 2.41. The van der Waals surface area contributed by atoms with Crippen molar-refractivity contribution in [3.05, 3.63) is 229 Å². The first-order valence-corrected chi connectivity index (χ1v) is 40.7. The summed E-state index contributed by atoms with van der Waals surface area (Å²) in [6, 6.07) is 31.5. The van der Waals surface area contributed by atoms with E-state index < -0.39 is 29.8 Å². The zero-order valence-corrected chi connectivity index (χ0v) is 73.9. The summed E-state index contributed by atoms with van der Waals surface area (Å²) in [4.78, 5) is 103. The Morgan fingerprint density at radius 2 is 0.375 bits per heavy atom. The van der Waals surface area contributed by atoms with Gasteiger partial charge in [-0.3, -0.25) is 38.4 Å². The van der Waals surface area contributed by atoms with Gasteiger partial charge in [-0.25, -0.2) is 0 Å². The molecule has 0 spiro atoms. The number of ether oxygens (including phenoxy) is 15. The Hall–Kier alpha value is -11.4. The fourth-order valence-corrected chi connectivity index (χ4v) is 15.8. The molecular weight excluding hydrogens is 1650 g/mol. The number of hydrogen-bond donors (Lipinski definition) is 1. The lowest BCUT2D eigenvalue weighted by Gasteiger charge is -2.22. The lowest BCUT2D eigenvalue weighted by Crippen LogP contribution is -2.10. The van der Waals surface area contributed by atoms with Crippen molar-refractivity contribution in [2.24, 2.45) is 0 Å². The van der Waals surface area contributed by atoms with Crippen molar-refractivity contribution < 1.29 is 115 Å². The summed E-state index contributed by atoms with van der Waals surface area (Å²) in [5, 5.41) is 11.0. The molecule has 0 aliphatic heterocycles. The minimum absolute atomic E-state index is 0.0391. The average Bonchev–Trinajstić information content (AvgIpc) is 0.787. The molecule has 1 N–H and O–H groups in total. The first-order chi connectivity index (χ1) is 57.7. The summed E-state index contributed by atoms with van der Waals surface area (Å²) < 4.78 is 84.9. The predicted octanol–water partition coefficient (Wildman–Crippen LogP) is 14.3. The van der Waals surface area contributed by atoms with E-state index in [1.807, 2.05) is 97.9 Å². The van der Waals surface area contributed by atoms with E-state index in [0.717, 1.165) is 128 Å². The number of methoxy groups -OCH3 is 15. The third-order valence-corrected chi connectivity index (χ3v) is 22.8. The van der Waals surface area contributed by atoms with E-state index in [9.17, 15) is 43.5 Å². The monoisotopic (exact) mass is 1760 g/mol. The fraction of sp³-hybridized carbons (Fsp3) is 0.411. The van der Waals surface area contributed by atoms with Crippen LogP contribution in [0.25, 0.3) is 0 Å². The van der Waals surface area contributed by atoms with E-state index in [2.05, 4.69) is 22.6 Å². The van der Waals surface area contributed by atoms with E-state index >= 15 is 0 Å². The SMILES string of the molecule is COC(=O)CCc1cc(Cc2cc(OC)c(Cc3cc(OC)c(Cc4cc(OC)c(Cc5cc(OC)c(Cc6cc(OC)c(Cc7cc(OC)c(Cc8cc(O)c(I)cc8CCC(=O)OC)cc7CCC(=O)OC)cc6CCC(=O)OC)cc5CCC(=O)OC)cc4CCC(=O)OC)cc3CCC(=O)OC)cc2CCC(=O)OC)c(OC)cc1C. The minimum atomic E-state index is -0.418. The fourth-order valence-electron chi connectivity index (χ4n) is 15.2. The van der Waals surface area contributed by atoms with Crippen LogP contribution in [0.3, 0.4) is 0 Å². The van der Waals surface area contributed by atoms with E-state index in [4.69, 9.17) is 71.1 Å². The van der Waals surface area contributed by atoms with Crippen LogP contribution in [0.1, 0.15) is 179 Å². The molecule has 0 unspecified atom stereocenters. The van der Waals surface area contributed by atoms with Crippen LogP contribution in [0.4, 0.5) is 0 Å². The zero-order chi connectivity index (χ0) is 87.3. The zero-order valence-electron chi connectivity index (χ0n) is 71.7. The molecule has 8 aromatic carbocycles. The summed E-state index contributed by atoms with van der Waals surface area (Å²) in [6.45, 7) is 1.97. The molecule has 25 heteroatoms. The third kappa shape index (κ3) is 25.8. The highest BCUT2D eigenvalue weighted by atomic mass is 127. The highest BCUT2D eigenvalue weighted by molar-refractivity contribution is 14.1. The van der Waals surface area contributed by atoms with Crippen molar-refractivity contribution in [1.29, 1.82) is 0 Å². The van der Waals surface area contributed by atoms with Crippen LogP contribution in [0, 0.1) is 10.5 Å². The van der Waals surface area contributed by atoms with Gasteiger partial charge in [0.05, 0.1) is 110 Å². The Labute approximate surface area is 716 Å².